The van der Waals surface area contributed by atoms with Crippen LogP contribution < -0.4 is 5.32 Å². The van der Waals surface area contributed by atoms with Gasteiger partial charge in [0.2, 0.25) is 0 Å². The zero-order valence-corrected chi connectivity index (χ0v) is 10.1. The molecule has 15 heavy (non-hydrogen) atoms. The smallest absolute Gasteiger partial charge is 0.176 e. The topological polar surface area (TPSA) is 29.1 Å². The first-order valence-corrected chi connectivity index (χ1v) is 5.41. The van der Waals surface area contributed by atoms with E-state index in [1.165, 1.54) is 0 Å². The molecular formula is C12H16ClNO. The van der Waals surface area contributed by atoms with Gasteiger partial charge < -0.3 is 5.32 Å². The maximum atomic E-state index is 11.8. The van der Waals surface area contributed by atoms with Crippen molar-refractivity contribution in [3.8, 4) is 0 Å². The molecule has 1 N–H and O–H groups in total. The van der Waals surface area contributed by atoms with Crippen molar-refractivity contribution < 1.29 is 4.79 Å². The maximum Gasteiger partial charge on any atom is 0.176 e. The third-order valence-electron chi connectivity index (χ3n) is 2.16. The molecule has 0 heterocycles. The quantitative estimate of drug-likeness (QED) is 0.799. The van der Waals surface area contributed by atoms with Gasteiger partial charge >= 0.3 is 0 Å². The minimum absolute atomic E-state index is 0.109. The van der Waals surface area contributed by atoms with Gasteiger partial charge in [0.1, 0.15) is 0 Å². The summed E-state index contributed by atoms with van der Waals surface area (Å²) < 4.78 is 0. The molecule has 0 bridgehead atoms. The highest BCUT2D eigenvalue weighted by molar-refractivity contribution is 6.30. The molecule has 0 aliphatic rings. The molecule has 1 aromatic rings. The van der Waals surface area contributed by atoms with E-state index in [1.54, 1.807) is 12.1 Å². The van der Waals surface area contributed by atoms with Crippen molar-refractivity contribution in [3.05, 3.63) is 34.3 Å². The number of carbonyl (C=O) groups excluding carboxylic acids is 1. The van der Waals surface area contributed by atoms with Crippen LogP contribution in [-0.2, 0) is 0 Å². The number of rotatable bonds is 4. The van der Waals surface area contributed by atoms with Gasteiger partial charge in [0, 0.05) is 16.6 Å². The Morgan fingerprint density at radius 3 is 2.67 bits per heavy atom. The molecule has 0 unspecified atom stereocenters. The van der Waals surface area contributed by atoms with Crippen LogP contribution in [-0.4, -0.2) is 18.4 Å². The van der Waals surface area contributed by atoms with Crippen LogP contribution in [0.4, 0.5) is 0 Å². The van der Waals surface area contributed by atoms with Gasteiger partial charge in [-0.05, 0) is 30.7 Å². The first-order valence-electron chi connectivity index (χ1n) is 5.03. The molecule has 1 rings (SSSR count). The average molecular weight is 226 g/mol. The van der Waals surface area contributed by atoms with Gasteiger partial charge in [-0.2, -0.15) is 0 Å². The molecule has 1 aromatic carbocycles. The Morgan fingerprint density at radius 2 is 2.13 bits per heavy atom. The van der Waals surface area contributed by atoms with Crippen LogP contribution in [0.3, 0.4) is 0 Å². The molecule has 0 aromatic heterocycles. The minimum atomic E-state index is 0.109. The van der Waals surface area contributed by atoms with Crippen LogP contribution in [0.15, 0.2) is 18.2 Å². The monoisotopic (exact) mass is 225 g/mol. The van der Waals surface area contributed by atoms with E-state index in [1.807, 2.05) is 26.8 Å². The molecule has 0 fully saturated rings. The molecule has 3 heteroatoms. The molecule has 0 atom stereocenters. The molecule has 0 radical (unpaired) electrons. The first-order chi connectivity index (χ1) is 7.00. The molecule has 2 nitrogen and oxygen atoms in total. The van der Waals surface area contributed by atoms with Crippen LogP contribution in [0.2, 0.25) is 5.02 Å². The van der Waals surface area contributed by atoms with E-state index in [-0.39, 0.29) is 5.78 Å². The first kappa shape index (κ1) is 12.2. The van der Waals surface area contributed by atoms with Gasteiger partial charge in [0.15, 0.2) is 5.78 Å². The van der Waals surface area contributed by atoms with Crippen molar-refractivity contribution in [3.63, 3.8) is 0 Å². The van der Waals surface area contributed by atoms with Crippen LogP contribution in [0.1, 0.15) is 29.8 Å². The van der Waals surface area contributed by atoms with Gasteiger partial charge in [0.25, 0.3) is 0 Å². The van der Waals surface area contributed by atoms with Crippen molar-refractivity contribution in [2.75, 3.05) is 6.54 Å². The van der Waals surface area contributed by atoms with Gasteiger partial charge in [0.05, 0.1) is 6.54 Å². The Kier molecular flexibility index (Phi) is 4.30. The molecule has 0 saturated carbocycles. The summed E-state index contributed by atoms with van der Waals surface area (Å²) in [5.74, 6) is 0.109. The predicted molar refractivity (Wildman–Crippen MR) is 63.7 cm³/mol. The van der Waals surface area contributed by atoms with E-state index < -0.39 is 0 Å². The fraction of sp³-hybridized carbons (Fsp3) is 0.417. The fourth-order valence-electron chi connectivity index (χ4n) is 1.33. The lowest BCUT2D eigenvalue weighted by Crippen LogP contribution is -2.29. The highest BCUT2D eigenvalue weighted by atomic mass is 35.5. The SMILES string of the molecule is Cc1cc(Cl)ccc1C(=O)CNC(C)C. The highest BCUT2D eigenvalue weighted by Gasteiger charge is 2.09. The Hall–Kier alpha value is -0.860. The van der Waals surface area contributed by atoms with E-state index in [9.17, 15) is 4.79 Å². The van der Waals surface area contributed by atoms with Crippen molar-refractivity contribution in [1.29, 1.82) is 0 Å². The third kappa shape index (κ3) is 3.65. The Morgan fingerprint density at radius 1 is 1.47 bits per heavy atom. The molecule has 0 aliphatic carbocycles. The molecule has 0 saturated heterocycles. The van der Waals surface area contributed by atoms with E-state index in [2.05, 4.69) is 5.32 Å². The van der Waals surface area contributed by atoms with Gasteiger partial charge in [-0.3, -0.25) is 4.79 Å². The summed E-state index contributed by atoms with van der Waals surface area (Å²) >= 11 is 5.82. The van der Waals surface area contributed by atoms with Crippen molar-refractivity contribution in [2.45, 2.75) is 26.8 Å². The summed E-state index contributed by atoms with van der Waals surface area (Å²) in [5, 5.41) is 3.77. The molecule has 0 aliphatic heterocycles. The zero-order chi connectivity index (χ0) is 11.4. The zero-order valence-electron chi connectivity index (χ0n) is 9.30. The Bertz CT molecular complexity index is 361. The molecular weight excluding hydrogens is 210 g/mol. The van der Waals surface area contributed by atoms with Crippen LogP contribution in [0.25, 0.3) is 0 Å². The van der Waals surface area contributed by atoms with Crippen molar-refractivity contribution in [1.82, 2.24) is 5.32 Å². The van der Waals surface area contributed by atoms with Crippen molar-refractivity contribution in [2.24, 2.45) is 0 Å². The number of Topliss-reactive ketones (excluding diaryl/α,β-unsaturated/α-hetero) is 1. The number of aryl methyl sites for hydroxylation is 1. The maximum absolute atomic E-state index is 11.8. The van der Waals surface area contributed by atoms with Gasteiger partial charge in [-0.25, -0.2) is 0 Å². The van der Waals surface area contributed by atoms with Gasteiger partial charge in [-0.1, -0.05) is 25.4 Å². The average Bonchev–Trinajstić information content (AvgIpc) is 2.14. The Balaban J connectivity index is 2.74. The van der Waals surface area contributed by atoms with E-state index >= 15 is 0 Å². The van der Waals surface area contributed by atoms with Crippen LogP contribution in [0.5, 0.6) is 0 Å². The number of carbonyl (C=O) groups is 1. The van der Waals surface area contributed by atoms with E-state index in [0.717, 1.165) is 11.1 Å². The number of halogens is 1. The lowest BCUT2D eigenvalue weighted by atomic mass is 10.0. The second kappa shape index (κ2) is 5.29. The van der Waals surface area contributed by atoms with Gasteiger partial charge in [-0.15, -0.1) is 0 Å². The summed E-state index contributed by atoms with van der Waals surface area (Å²) in [6.45, 7) is 6.30. The second-order valence-electron chi connectivity index (χ2n) is 3.92. The lowest BCUT2D eigenvalue weighted by molar-refractivity contribution is 0.0988. The largest absolute Gasteiger partial charge is 0.307 e. The highest BCUT2D eigenvalue weighted by Crippen LogP contribution is 2.15. The molecule has 0 spiro atoms. The standard InChI is InChI=1S/C12H16ClNO/c1-8(2)14-7-12(15)11-5-4-10(13)6-9(11)3/h4-6,8,14H,7H2,1-3H3. The molecule has 0 amide bonds. The van der Waals surface area contributed by atoms with Crippen LogP contribution >= 0.6 is 11.6 Å². The second-order valence-corrected chi connectivity index (χ2v) is 4.35. The predicted octanol–water partition coefficient (Wildman–Crippen LogP) is 2.83. The van der Waals surface area contributed by atoms with E-state index in [4.69, 9.17) is 11.6 Å². The summed E-state index contributed by atoms with van der Waals surface area (Å²) in [7, 11) is 0. The van der Waals surface area contributed by atoms with E-state index in [0.29, 0.717) is 17.6 Å². The number of nitrogens with one attached hydrogen (secondary N) is 1. The lowest BCUT2D eigenvalue weighted by Gasteiger charge is -2.09. The summed E-state index contributed by atoms with van der Waals surface area (Å²) in [5.41, 5.74) is 1.67. The van der Waals surface area contributed by atoms with Crippen LogP contribution in [0, 0.1) is 6.92 Å². The summed E-state index contributed by atoms with van der Waals surface area (Å²) in [4.78, 5) is 11.8. The normalized spacial score (nSPS) is 10.7. The fourth-order valence-corrected chi connectivity index (χ4v) is 1.56. The third-order valence-corrected chi connectivity index (χ3v) is 2.39. The number of hydrogen-bond donors (Lipinski definition) is 1. The molecule has 82 valence electrons. The van der Waals surface area contributed by atoms with Crippen molar-refractivity contribution >= 4 is 17.4 Å². The number of ketones is 1. The summed E-state index contributed by atoms with van der Waals surface area (Å²) in [6.07, 6.45) is 0. The minimum Gasteiger partial charge on any atom is -0.307 e. The summed E-state index contributed by atoms with van der Waals surface area (Å²) in [6, 6.07) is 5.66. The number of hydrogen-bond acceptors (Lipinski definition) is 2. The number of benzene rings is 1. The Labute approximate surface area is 95.6 Å².